The minimum Gasteiger partial charge on any atom is -0.496 e. The Morgan fingerprint density at radius 3 is 2.59 bits per heavy atom. The lowest BCUT2D eigenvalue weighted by Gasteiger charge is -2.16. The molecule has 2 N–H and O–H groups in total. The van der Waals surface area contributed by atoms with Crippen LogP contribution in [0, 0.1) is 6.92 Å². The zero-order valence-corrected chi connectivity index (χ0v) is 18.2. The van der Waals surface area contributed by atoms with Gasteiger partial charge in [-0.25, -0.2) is 14.6 Å². The Hall–Kier alpha value is -2.58. The summed E-state index contributed by atoms with van der Waals surface area (Å²) in [5.74, 6) is 3.82. The lowest BCUT2D eigenvalue weighted by molar-refractivity contribution is 0.304. The summed E-state index contributed by atoms with van der Waals surface area (Å²) >= 11 is 0. The molecule has 0 aliphatic carbocycles. The molecule has 1 aliphatic rings. The fourth-order valence-electron chi connectivity index (χ4n) is 3.53. The Bertz CT molecular complexity index is 1020. The van der Waals surface area contributed by atoms with E-state index in [9.17, 15) is 0 Å². The van der Waals surface area contributed by atoms with Crippen LogP contribution in [0.4, 0.5) is 0 Å². The minimum atomic E-state index is -0.168. The third-order valence-electron chi connectivity index (χ3n) is 4.89. The van der Waals surface area contributed by atoms with Crippen LogP contribution in [0.25, 0.3) is 22.9 Å². The molecular formula is C20H27ClN6O2. The summed E-state index contributed by atoms with van der Waals surface area (Å²) in [6.45, 7) is 9.25. The van der Waals surface area contributed by atoms with Gasteiger partial charge in [-0.3, -0.25) is 0 Å². The molecule has 3 heterocycles. The summed E-state index contributed by atoms with van der Waals surface area (Å²) < 4.78 is 15.5. The van der Waals surface area contributed by atoms with Gasteiger partial charge in [0, 0.05) is 29.9 Å². The maximum absolute atomic E-state index is 6.16. The van der Waals surface area contributed by atoms with Gasteiger partial charge in [-0.1, -0.05) is 0 Å². The van der Waals surface area contributed by atoms with Crippen molar-refractivity contribution in [3.8, 4) is 34.4 Å². The van der Waals surface area contributed by atoms with Gasteiger partial charge < -0.3 is 19.8 Å². The van der Waals surface area contributed by atoms with Crippen molar-refractivity contribution in [2.75, 3.05) is 13.7 Å². The SMILES string of the molecule is COc1cc2c(cc1[C@H](C)N)-c1nc(-c3nc(C)nn3C(C)C)cn1CCO2.Cl. The van der Waals surface area contributed by atoms with E-state index in [1.165, 1.54) is 0 Å². The first kappa shape index (κ1) is 21.1. The predicted octanol–water partition coefficient (Wildman–Crippen LogP) is 3.54. The molecule has 4 rings (SSSR count). The molecule has 1 aliphatic heterocycles. The molecule has 0 bridgehead atoms. The maximum Gasteiger partial charge on any atom is 0.178 e. The van der Waals surface area contributed by atoms with Crippen LogP contribution < -0.4 is 15.2 Å². The molecule has 1 aromatic carbocycles. The first-order valence-electron chi connectivity index (χ1n) is 9.50. The minimum absolute atomic E-state index is 0. The topological polar surface area (TPSA) is 93.0 Å². The van der Waals surface area contributed by atoms with Gasteiger partial charge in [0.15, 0.2) is 5.82 Å². The highest BCUT2D eigenvalue weighted by Crippen LogP contribution is 2.39. The lowest BCUT2D eigenvalue weighted by Crippen LogP contribution is -2.08. The smallest absolute Gasteiger partial charge is 0.178 e. The largest absolute Gasteiger partial charge is 0.496 e. The standard InChI is InChI=1S/C20H26N6O2.ClH/c1-11(2)26-20(22-13(4)24-26)16-10-25-6-7-28-18-9-17(27-5)14(12(3)21)8-15(18)19(25)23-16;/h8-12H,6-7,21H2,1-5H3;1H/t12-;/m0./s1. The number of benzene rings is 1. The fraction of sp³-hybridized carbons (Fsp3) is 0.450. The van der Waals surface area contributed by atoms with E-state index in [1.807, 2.05) is 36.9 Å². The van der Waals surface area contributed by atoms with Crippen LogP contribution in [0.2, 0.25) is 0 Å². The number of aryl methyl sites for hydroxylation is 1. The van der Waals surface area contributed by atoms with E-state index in [2.05, 4.69) is 28.5 Å². The molecule has 0 radical (unpaired) electrons. The Morgan fingerprint density at radius 1 is 1.17 bits per heavy atom. The second kappa shape index (κ2) is 8.04. The number of methoxy groups -OCH3 is 1. The number of fused-ring (bicyclic) bond motifs is 3. The van der Waals surface area contributed by atoms with Gasteiger partial charge >= 0.3 is 0 Å². The maximum atomic E-state index is 6.16. The van der Waals surface area contributed by atoms with Crippen molar-refractivity contribution < 1.29 is 9.47 Å². The number of hydrogen-bond donors (Lipinski definition) is 1. The number of nitrogens with zero attached hydrogens (tertiary/aromatic N) is 5. The van der Waals surface area contributed by atoms with E-state index in [4.69, 9.17) is 20.2 Å². The molecule has 8 nitrogen and oxygen atoms in total. The molecule has 1 atom stereocenters. The van der Waals surface area contributed by atoms with Crippen LogP contribution in [0.15, 0.2) is 18.3 Å². The number of rotatable bonds is 4. The van der Waals surface area contributed by atoms with Crippen LogP contribution in [-0.2, 0) is 6.54 Å². The summed E-state index contributed by atoms with van der Waals surface area (Å²) in [5.41, 5.74) is 8.79. The van der Waals surface area contributed by atoms with E-state index in [0.29, 0.717) is 13.2 Å². The summed E-state index contributed by atoms with van der Waals surface area (Å²) in [6, 6.07) is 3.95. The highest BCUT2D eigenvalue weighted by molar-refractivity contribution is 5.85. The van der Waals surface area contributed by atoms with Gasteiger partial charge in [0.2, 0.25) is 0 Å². The van der Waals surface area contributed by atoms with Crippen LogP contribution >= 0.6 is 12.4 Å². The molecule has 0 saturated heterocycles. The number of hydrogen-bond acceptors (Lipinski definition) is 6. The Balaban J connectivity index is 0.00000240. The van der Waals surface area contributed by atoms with Crippen molar-refractivity contribution in [3.63, 3.8) is 0 Å². The van der Waals surface area contributed by atoms with Crippen LogP contribution in [0.3, 0.4) is 0 Å². The third-order valence-corrected chi connectivity index (χ3v) is 4.89. The first-order chi connectivity index (χ1) is 13.4. The fourth-order valence-corrected chi connectivity index (χ4v) is 3.53. The van der Waals surface area contributed by atoms with Gasteiger partial charge in [0.1, 0.15) is 35.4 Å². The van der Waals surface area contributed by atoms with Crippen molar-refractivity contribution in [3.05, 3.63) is 29.7 Å². The molecule has 29 heavy (non-hydrogen) atoms. The van der Waals surface area contributed by atoms with Gasteiger partial charge in [-0.2, -0.15) is 5.10 Å². The highest BCUT2D eigenvalue weighted by atomic mass is 35.5. The van der Waals surface area contributed by atoms with Crippen LogP contribution in [0.5, 0.6) is 11.5 Å². The Labute approximate surface area is 176 Å². The first-order valence-corrected chi connectivity index (χ1v) is 9.50. The Kier molecular flexibility index (Phi) is 5.86. The summed E-state index contributed by atoms with van der Waals surface area (Å²) in [7, 11) is 1.64. The summed E-state index contributed by atoms with van der Waals surface area (Å²) in [4.78, 5) is 9.52. The molecule has 9 heteroatoms. The van der Waals surface area contributed by atoms with Gasteiger partial charge in [-0.15, -0.1) is 12.4 Å². The van der Waals surface area contributed by atoms with Crippen molar-refractivity contribution >= 4 is 12.4 Å². The van der Waals surface area contributed by atoms with Crippen LogP contribution in [-0.4, -0.2) is 38.0 Å². The summed E-state index contributed by atoms with van der Waals surface area (Å²) in [5, 5.41) is 4.51. The molecule has 156 valence electrons. The molecule has 0 spiro atoms. The molecular weight excluding hydrogens is 392 g/mol. The highest BCUT2D eigenvalue weighted by Gasteiger charge is 2.24. The number of imidazole rings is 1. The molecule has 3 aromatic rings. The number of aromatic nitrogens is 5. The van der Waals surface area contributed by atoms with Crippen LogP contribution in [0.1, 0.15) is 44.2 Å². The second-order valence-electron chi connectivity index (χ2n) is 7.39. The molecule has 0 amide bonds. The van der Waals surface area contributed by atoms with Crippen molar-refractivity contribution in [2.45, 2.75) is 46.3 Å². The number of halogens is 1. The molecule has 0 fully saturated rings. The van der Waals surface area contributed by atoms with E-state index in [-0.39, 0.29) is 24.5 Å². The van der Waals surface area contributed by atoms with E-state index in [0.717, 1.165) is 45.8 Å². The number of nitrogens with two attached hydrogens (primary N) is 1. The number of ether oxygens (including phenoxy) is 2. The Morgan fingerprint density at radius 2 is 1.93 bits per heavy atom. The quantitative estimate of drug-likeness (QED) is 0.696. The van der Waals surface area contributed by atoms with E-state index < -0.39 is 0 Å². The van der Waals surface area contributed by atoms with Crippen molar-refractivity contribution in [2.24, 2.45) is 5.73 Å². The van der Waals surface area contributed by atoms with Gasteiger partial charge in [0.25, 0.3) is 0 Å². The predicted molar refractivity (Wildman–Crippen MR) is 114 cm³/mol. The lowest BCUT2D eigenvalue weighted by atomic mass is 10.0. The zero-order chi connectivity index (χ0) is 20.0. The monoisotopic (exact) mass is 418 g/mol. The molecule has 0 saturated carbocycles. The third kappa shape index (κ3) is 3.70. The second-order valence-corrected chi connectivity index (χ2v) is 7.39. The summed E-state index contributed by atoms with van der Waals surface area (Å²) in [6.07, 6.45) is 2.02. The van der Waals surface area contributed by atoms with Crippen molar-refractivity contribution in [1.82, 2.24) is 24.3 Å². The normalized spacial score (nSPS) is 13.8. The molecule has 2 aromatic heterocycles. The molecule has 0 unspecified atom stereocenters. The average molecular weight is 419 g/mol. The van der Waals surface area contributed by atoms with Crippen molar-refractivity contribution in [1.29, 1.82) is 0 Å². The zero-order valence-electron chi connectivity index (χ0n) is 17.3. The van der Waals surface area contributed by atoms with E-state index in [1.54, 1.807) is 7.11 Å². The average Bonchev–Trinajstić information content (AvgIpc) is 3.20. The van der Waals surface area contributed by atoms with Gasteiger partial charge in [0.05, 0.1) is 19.2 Å². The van der Waals surface area contributed by atoms with E-state index >= 15 is 0 Å². The van der Waals surface area contributed by atoms with Gasteiger partial charge in [-0.05, 0) is 33.8 Å².